The highest BCUT2D eigenvalue weighted by molar-refractivity contribution is 6.17. The van der Waals surface area contributed by atoms with Crippen molar-refractivity contribution in [3.8, 4) is 5.75 Å². The Morgan fingerprint density at radius 2 is 1.81 bits per heavy atom. The van der Waals surface area contributed by atoms with Crippen LogP contribution in [0.5, 0.6) is 5.75 Å². The highest BCUT2D eigenvalue weighted by Gasteiger charge is 1.98. The molecular formula is C14H15ClO. The molecule has 0 atom stereocenters. The first kappa shape index (κ1) is 11.3. The maximum absolute atomic E-state index is 5.69. The zero-order valence-corrected chi connectivity index (χ0v) is 10.1. The SMILES string of the molecule is COc1ccc2cc(CCCCl)ccc2c1. The third-order valence-corrected chi connectivity index (χ3v) is 2.98. The predicted octanol–water partition coefficient (Wildman–Crippen LogP) is 4.02. The van der Waals surface area contributed by atoms with E-state index >= 15 is 0 Å². The maximum atomic E-state index is 5.69. The minimum Gasteiger partial charge on any atom is -0.497 e. The zero-order chi connectivity index (χ0) is 11.4. The molecule has 84 valence electrons. The number of benzene rings is 2. The number of hydrogen-bond acceptors (Lipinski definition) is 1. The van der Waals surface area contributed by atoms with Crippen LogP contribution in [0.4, 0.5) is 0 Å². The Balaban J connectivity index is 2.32. The van der Waals surface area contributed by atoms with E-state index in [9.17, 15) is 0 Å². The lowest BCUT2D eigenvalue weighted by Crippen LogP contribution is -1.87. The van der Waals surface area contributed by atoms with E-state index in [1.807, 2.05) is 6.07 Å². The van der Waals surface area contributed by atoms with Crippen LogP contribution in [0.1, 0.15) is 12.0 Å². The van der Waals surface area contributed by atoms with Crippen LogP contribution < -0.4 is 4.74 Å². The van der Waals surface area contributed by atoms with Crippen LogP contribution in [0.3, 0.4) is 0 Å². The van der Waals surface area contributed by atoms with Crippen molar-refractivity contribution in [2.24, 2.45) is 0 Å². The smallest absolute Gasteiger partial charge is 0.119 e. The second-order valence-corrected chi connectivity index (χ2v) is 4.22. The van der Waals surface area contributed by atoms with E-state index in [2.05, 4.69) is 30.3 Å². The molecule has 0 saturated carbocycles. The van der Waals surface area contributed by atoms with Crippen molar-refractivity contribution in [3.05, 3.63) is 42.0 Å². The lowest BCUT2D eigenvalue weighted by atomic mass is 10.0. The normalized spacial score (nSPS) is 10.6. The summed E-state index contributed by atoms with van der Waals surface area (Å²) in [5.74, 6) is 1.63. The second-order valence-electron chi connectivity index (χ2n) is 3.84. The van der Waals surface area contributed by atoms with Crippen molar-refractivity contribution < 1.29 is 4.74 Å². The van der Waals surface area contributed by atoms with Gasteiger partial charge in [0.25, 0.3) is 0 Å². The van der Waals surface area contributed by atoms with Gasteiger partial charge in [-0.15, -0.1) is 11.6 Å². The molecule has 16 heavy (non-hydrogen) atoms. The summed E-state index contributed by atoms with van der Waals surface area (Å²) < 4.78 is 5.20. The van der Waals surface area contributed by atoms with Crippen molar-refractivity contribution in [2.45, 2.75) is 12.8 Å². The molecule has 2 aromatic carbocycles. The molecule has 0 aromatic heterocycles. The molecule has 2 aromatic rings. The van der Waals surface area contributed by atoms with E-state index in [-0.39, 0.29) is 0 Å². The molecule has 0 amide bonds. The van der Waals surface area contributed by atoms with E-state index < -0.39 is 0 Å². The van der Waals surface area contributed by atoms with Gasteiger partial charge in [-0.25, -0.2) is 0 Å². The maximum Gasteiger partial charge on any atom is 0.119 e. The Morgan fingerprint density at radius 1 is 1.06 bits per heavy atom. The average Bonchev–Trinajstić information content (AvgIpc) is 2.35. The van der Waals surface area contributed by atoms with Crippen molar-refractivity contribution in [1.82, 2.24) is 0 Å². The molecule has 0 heterocycles. The zero-order valence-electron chi connectivity index (χ0n) is 9.37. The van der Waals surface area contributed by atoms with E-state index in [4.69, 9.17) is 16.3 Å². The van der Waals surface area contributed by atoms with Gasteiger partial charge in [0.1, 0.15) is 5.75 Å². The van der Waals surface area contributed by atoms with Crippen molar-refractivity contribution in [3.63, 3.8) is 0 Å². The molecule has 0 aliphatic heterocycles. The summed E-state index contributed by atoms with van der Waals surface area (Å²) in [4.78, 5) is 0. The Bertz CT molecular complexity index is 479. The van der Waals surface area contributed by atoms with Crippen LogP contribution >= 0.6 is 11.6 Å². The van der Waals surface area contributed by atoms with E-state index in [0.29, 0.717) is 0 Å². The Kier molecular flexibility index (Phi) is 3.68. The molecular weight excluding hydrogens is 220 g/mol. The number of hydrogen-bond donors (Lipinski definition) is 0. The lowest BCUT2D eigenvalue weighted by molar-refractivity contribution is 0.415. The summed E-state index contributed by atoms with van der Waals surface area (Å²) in [7, 11) is 1.69. The van der Waals surface area contributed by atoms with Crippen LogP contribution in [0.15, 0.2) is 36.4 Å². The summed E-state index contributed by atoms with van der Waals surface area (Å²) in [5.41, 5.74) is 1.35. The number of fused-ring (bicyclic) bond motifs is 1. The molecule has 0 fully saturated rings. The molecule has 0 unspecified atom stereocenters. The van der Waals surface area contributed by atoms with Gasteiger partial charge in [0.05, 0.1) is 7.11 Å². The first-order valence-electron chi connectivity index (χ1n) is 5.46. The first-order valence-corrected chi connectivity index (χ1v) is 5.99. The largest absolute Gasteiger partial charge is 0.497 e. The molecule has 0 radical (unpaired) electrons. The van der Waals surface area contributed by atoms with E-state index in [0.717, 1.165) is 24.5 Å². The molecule has 1 nitrogen and oxygen atoms in total. The molecule has 0 N–H and O–H groups in total. The van der Waals surface area contributed by atoms with Crippen LogP contribution in [0.2, 0.25) is 0 Å². The number of rotatable bonds is 4. The van der Waals surface area contributed by atoms with Crippen molar-refractivity contribution >= 4 is 22.4 Å². The number of ether oxygens (including phenoxy) is 1. The van der Waals surface area contributed by atoms with Crippen LogP contribution in [-0.4, -0.2) is 13.0 Å². The fourth-order valence-electron chi connectivity index (χ4n) is 1.83. The van der Waals surface area contributed by atoms with Gasteiger partial charge in [-0.2, -0.15) is 0 Å². The van der Waals surface area contributed by atoms with Gasteiger partial charge in [0.15, 0.2) is 0 Å². The predicted molar refractivity (Wildman–Crippen MR) is 69.5 cm³/mol. The molecule has 2 rings (SSSR count). The van der Waals surface area contributed by atoms with Crippen LogP contribution in [0, 0.1) is 0 Å². The number of alkyl halides is 1. The van der Waals surface area contributed by atoms with Gasteiger partial charge in [-0.1, -0.05) is 24.3 Å². The summed E-state index contributed by atoms with van der Waals surface area (Å²) in [6.07, 6.45) is 2.08. The minimum atomic E-state index is 0.723. The molecule has 0 aliphatic carbocycles. The third kappa shape index (κ3) is 2.48. The van der Waals surface area contributed by atoms with Gasteiger partial charge in [0.2, 0.25) is 0 Å². The topological polar surface area (TPSA) is 9.23 Å². The van der Waals surface area contributed by atoms with Crippen LogP contribution in [0.25, 0.3) is 10.8 Å². The van der Waals surface area contributed by atoms with Gasteiger partial charge in [-0.05, 0) is 41.3 Å². The van der Waals surface area contributed by atoms with E-state index in [1.54, 1.807) is 7.11 Å². The number of halogens is 1. The second kappa shape index (κ2) is 5.22. The summed E-state index contributed by atoms with van der Waals surface area (Å²) in [6.45, 7) is 0. The average molecular weight is 235 g/mol. The summed E-state index contributed by atoms with van der Waals surface area (Å²) in [5, 5.41) is 2.47. The molecule has 2 heteroatoms. The molecule has 0 aliphatic rings. The lowest BCUT2D eigenvalue weighted by Gasteiger charge is -2.05. The highest BCUT2D eigenvalue weighted by Crippen LogP contribution is 2.22. The highest BCUT2D eigenvalue weighted by atomic mass is 35.5. The third-order valence-electron chi connectivity index (χ3n) is 2.71. The fourth-order valence-corrected chi connectivity index (χ4v) is 1.96. The Hall–Kier alpha value is -1.21. The Labute approximate surface area is 101 Å². The molecule has 0 spiro atoms. The van der Waals surface area contributed by atoms with Gasteiger partial charge in [-0.3, -0.25) is 0 Å². The monoisotopic (exact) mass is 234 g/mol. The van der Waals surface area contributed by atoms with E-state index in [1.165, 1.54) is 16.3 Å². The number of aryl methyl sites for hydroxylation is 1. The first-order chi connectivity index (χ1) is 7.83. The number of methoxy groups -OCH3 is 1. The van der Waals surface area contributed by atoms with Crippen LogP contribution in [-0.2, 0) is 6.42 Å². The minimum absolute atomic E-state index is 0.723. The van der Waals surface area contributed by atoms with Gasteiger partial charge >= 0.3 is 0 Å². The quantitative estimate of drug-likeness (QED) is 0.726. The Morgan fingerprint density at radius 3 is 2.56 bits per heavy atom. The molecule has 0 saturated heterocycles. The van der Waals surface area contributed by atoms with Crippen molar-refractivity contribution in [2.75, 3.05) is 13.0 Å². The van der Waals surface area contributed by atoms with Gasteiger partial charge in [0, 0.05) is 5.88 Å². The van der Waals surface area contributed by atoms with Gasteiger partial charge < -0.3 is 4.74 Å². The molecule has 0 bridgehead atoms. The fraction of sp³-hybridized carbons (Fsp3) is 0.286. The summed E-state index contributed by atoms with van der Waals surface area (Å²) >= 11 is 5.69. The van der Waals surface area contributed by atoms with Crippen molar-refractivity contribution in [1.29, 1.82) is 0 Å². The standard InChI is InChI=1S/C14H15ClO/c1-16-14-7-6-12-9-11(3-2-8-15)4-5-13(12)10-14/h4-7,9-10H,2-3,8H2,1H3. The summed E-state index contributed by atoms with van der Waals surface area (Å²) in [6, 6.07) is 12.7.